The predicted molar refractivity (Wildman–Crippen MR) is 81.3 cm³/mol. The maximum atomic E-state index is 13.2. The number of rotatable bonds is 5. The minimum Gasteiger partial charge on any atom is -0.386 e. The van der Waals surface area contributed by atoms with E-state index in [2.05, 4.69) is 5.32 Å². The van der Waals surface area contributed by atoms with Gasteiger partial charge in [-0.25, -0.2) is 8.78 Å². The Morgan fingerprint density at radius 3 is 2.33 bits per heavy atom. The van der Waals surface area contributed by atoms with Gasteiger partial charge < -0.3 is 10.4 Å². The van der Waals surface area contributed by atoms with E-state index in [-0.39, 0.29) is 16.8 Å². The first kappa shape index (κ1) is 17.5. The van der Waals surface area contributed by atoms with Crippen LogP contribution in [0.5, 0.6) is 0 Å². The van der Waals surface area contributed by atoms with Gasteiger partial charge in [-0.3, -0.25) is 14.9 Å². The highest BCUT2D eigenvalue weighted by Crippen LogP contribution is 2.20. The Kier molecular flexibility index (Phi) is 5.20. The average molecular weight is 336 g/mol. The van der Waals surface area contributed by atoms with Crippen molar-refractivity contribution >= 4 is 11.6 Å². The van der Waals surface area contributed by atoms with Crippen LogP contribution in [0.4, 0.5) is 14.5 Å². The summed E-state index contributed by atoms with van der Waals surface area (Å²) in [5.41, 5.74) is 0.136. The molecule has 0 aliphatic heterocycles. The van der Waals surface area contributed by atoms with Gasteiger partial charge in [0.2, 0.25) is 0 Å². The zero-order chi connectivity index (χ0) is 17.9. The fourth-order valence-electron chi connectivity index (χ4n) is 2.09. The number of hydrogen-bond acceptors (Lipinski definition) is 4. The summed E-state index contributed by atoms with van der Waals surface area (Å²) >= 11 is 0. The van der Waals surface area contributed by atoms with Crippen molar-refractivity contribution in [1.29, 1.82) is 0 Å². The van der Waals surface area contributed by atoms with Crippen molar-refractivity contribution in [2.75, 3.05) is 0 Å². The van der Waals surface area contributed by atoms with E-state index in [1.54, 1.807) is 0 Å². The molecule has 24 heavy (non-hydrogen) atoms. The van der Waals surface area contributed by atoms with Crippen molar-refractivity contribution in [3.05, 3.63) is 75.3 Å². The lowest BCUT2D eigenvalue weighted by molar-refractivity contribution is -0.384. The first-order valence-electron chi connectivity index (χ1n) is 6.98. The molecule has 6 nitrogen and oxygen atoms in total. The molecule has 1 amide bonds. The molecular weight excluding hydrogens is 322 g/mol. The zero-order valence-electron chi connectivity index (χ0n) is 12.6. The number of carbonyl (C=O) groups excluding carboxylic acids is 1. The van der Waals surface area contributed by atoms with Crippen molar-refractivity contribution < 1.29 is 23.6 Å². The van der Waals surface area contributed by atoms with Gasteiger partial charge in [-0.1, -0.05) is 6.07 Å². The molecule has 0 aromatic heterocycles. The number of nitrogens with one attached hydrogen (secondary N) is 1. The highest BCUT2D eigenvalue weighted by Gasteiger charge is 2.20. The fourth-order valence-corrected chi connectivity index (χ4v) is 2.09. The Hall–Kier alpha value is -2.87. The van der Waals surface area contributed by atoms with Crippen LogP contribution in [0.25, 0.3) is 0 Å². The molecule has 2 rings (SSSR count). The van der Waals surface area contributed by atoms with Crippen molar-refractivity contribution in [3.8, 4) is 0 Å². The van der Waals surface area contributed by atoms with Crippen LogP contribution in [-0.4, -0.2) is 22.0 Å². The van der Waals surface area contributed by atoms with Gasteiger partial charge in [-0.15, -0.1) is 0 Å². The van der Waals surface area contributed by atoms with E-state index in [1.807, 2.05) is 0 Å². The Labute approximate surface area is 135 Å². The monoisotopic (exact) mass is 336 g/mol. The molecule has 126 valence electrons. The SMILES string of the molecule is CC(NC(=O)c1ccc([N+](=O)[O-])cc1)C(O)c1ccc(F)c(F)c1. The van der Waals surface area contributed by atoms with Gasteiger partial charge in [-0.2, -0.15) is 0 Å². The number of carbonyl (C=O) groups is 1. The number of benzene rings is 2. The third-order valence-electron chi connectivity index (χ3n) is 3.46. The van der Waals surface area contributed by atoms with Crippen LogP contribution in [0.1, 0.15) is 28.9 Å². The third-order valence-corrected chi connectivity index (χ3v) is 3.46. The van der Waals surface area contributed by atoms with E-state index in [0.717, 1.165) is 12.1 Å². The molecular formula is C16H14F2N2O4. The van der Waals surface area contributed by atoms with Crippen LogP contribution in [0.15, 0.2) is 42.5 Å². The molecule has 2 aromatic carbocycles. The standard InChI is InChI=1S/C16H14F2N2O4/c1-9(15(21)11-4-7-13(17)14(18)8-11)19-16(22)10-2-5-12(6-3-10)20(23)24/h2-9,15,21H,1H3,(H,19,22). The van der Waals surface area contributed by atoms with E-state index >= 15 is 0 Å². The smallest absolute Gasteiger partial charge is 0.269 e. The summed E-state index contributed by atoms with van der Waals surface area (Å²) in [5, 5.41) is 23.2. The van der Waals surface area contributed by atoms with Crippen LogP contribution in [0, 0.1) is 21.7 Å². The third kappa shape index (κ3) is 3.90. The van der Waals surface area contributed by atoms with E-state index in [0.29, 0.717) is 0 Å². The molecule has 0 saturated carbocycles. The number of halogens is 2. The molecule has 2 unspecified atom stereocenters. The highest BCUT2D eigenvalue weighted by molar-refractivity contribution is 5.94. The molecule has 2 aromatic rings. The van der Waals surface area contributed by atoms with Crippen LogP contribution in [-0.2, 0) is 0 Å². The fraction of sp³-hybridized carbons (Fsp3) is 0.188. The molecule has 8 heteroatoms. The molecule has 2 atom stereocenters. The van der Waals surface area contributed by atoms with Crippen molar-refractivity contribution in [2.45, 2.75) is 19.1 Å². The number of nitro benzene ring substituents is 1. The maximum absolute atomic E-state index is 13.2. The van der Waals surface area contributed by atoms with Gasteiger partial charge in [0.15, 0.2) is 11.6 Å². The summed E-state index contributed by atoms with van der Waals surface area (Å²) in [5.74, 6) is -2.69. The molecule has 0 spiro atoms. The highest BCUT2D eigenvalue weighted by atomic mass is 19.2. The molecule has 0 aliphatic carbocycles. The first-order chi connectivity index (χ1) is 11.3. The minimum atomic E-state index is -1.25. The molecule has 0 aliphatic rings. The maximum Gasteiger partial charge on any atom is 0.269 e. The number of hydrogen-bond donors (Lipinski definition) is 2. The summed E-state index contributed by atoms with van der Waals surface area (Å²) in [6, 6.07) is 7.10. The summed E-state index contributed by atoms with van der Waals surface area (Å²) in [4.78, 5) is 22.1. The Balaban J connectivity index is 2.07. The van der Waals surface area contributed by atoms with Gasteiger partial charge in [0.25, 0.3) is 11.6 Å². The van der Waals surface area contributed by atoms with Crippen LogP contribution < -0.4 is 5.32 Å². The van der Waals surface area contributed by atoms with E-state index in [1.165, 1.54) is 37.3 Å². The van der Waals surface area contributed by atoms with Crippen LogP contribution in [0.2, 0.25) is 0 Å². The number of nitro groups is 1. The lowest BCUT2D eigenvalue weighted by Gasteiger charge is -2.20. The van der Waals surface area contributed by atoms with Gasteiger partial charge in [0, 0.05) is 17.7 Å². The van der Waals surface area contributed by atoms with Gasteiger partial charge in [-0.05, 0) is 36.8 Å². The molecule has 0 bridgehead atoms. The van der Waals surface area contributed by atoms with Crippen molar-refractivity contribution in [1.82, 2.24) is 5.32 Å². The van der Waals surface area contributed by atoms with Gasteiger partial charge in [0.1, 0.15) is 0 Å². The van der Waals surface area contributed by atoms with Crippen LogP contribution >= 0.6 is 0 Å². The lowest BCUT2D eigenvalue weighted by Crippen LogP contribution is -2.37. The summed E-state index contributed by atoms with van der Waals surface area (Å²) in [6.45, 7) is 1.50. The largest absolute Gasteiger partial charge is 0.386 e. The topological polar surface area (TPSA) is 92.5 Å². The summed E-state index contributed by atoms with van der Waals surface area (Å²) in [6.07, 6.45) is -1.25. The average Bonchev–Trinajstić information content (AvgIpc) is 2.56. The quantitative estimate of drug-likeness (QED) is 0.648. The second-order valence-corrected chi connectivity index (χ2v) is 5.18. The van der Waals surface area contributed by atoms with E-state index in [9.17, 15) is 28.8 Å². The second-order valence-electron chi connectivity index (χ2n) is 5.18. The Morgan fingerprint density at radius 2 is 1.79 bits per heavy atom. The van der Waals surface area contributed by atoms with Gasteiger partial charge in [0.05, 0.1) is 17.1 Å². The van der Waals surface area contributed by atoms with Crippen LogP contribution in [0.3, 0.4) is 0 Å². The molecule has 2 N–H and O–H groups in total. The number of nitrogens with zero attached hydrogens (tertiary/aromatic N) is 1. The summed E-state index contributed by atoms with van der Waals surface area (Å²) in [7, 11) is 0. The van der Waals surface area contributed by atoms with Crippen molar-refractivity contribution in [3.63, 3.8) is 0 Å². The van der Waals surface area contributed by atoms with E-state index < -0.39 is 34.6 Å². The second kappa shape index (κ2) is 7.14. The number of amides is 1. The lowest BCUT2D eigenvalue weighted by atomic mass is 10.0. The van der Waals surface area contributed by atoms with Crippen molar-refractivity contribution in [2.24, 2.45) is 0 Å². The number of aliphatic hydroxyl groups is 1. The molecule has 0 saturated heterocycles. The predicted octanol–water partition coefficient (Wildman–Crippen LogP) is 2.72. The Morgan fingerprint density at radius 1 is 1.17 bits per heavy atom. The normalized spacial score (nSPS) is 13.2. The summed E-state index contributed by atoms with van der Waals surface area (Å²) < 4.78 is 26.1. The Bertz CT molecular complexity index is 765. The number of aliphatic hydroxyl groups excluding tert-OH is 1. The van der Waals surface area contributed by atoms with Gasteiger partial charge >= 0.3 is 0 Å². The molecule has 0 fully saturated rings. The van der Waals surface area contributed by atoms with E-state index in [4.69, 9.17) is 0 Å². The minimum absolute atomic E-state index is 0.116. The zero-order valence-corrected chi connectivity index (χ0v) is 12.6. The number of non-ortho nitro benzene ring substituents is 1. The molecule has 0 radical (unpaired) electrons. The molecule has 0 heterocycles. The first-order valence-corrected chi connectivity index (χ1v) is 6.98.